The van der Waals surface area contributed by atoms with Crippen LogP contribution in [0.15, 0.2) is 72.5 Å². The maximum atomic E-state index is 13.1. The normalized spacial score (nSPS) is 17.3. The first-order valence-electron chi connectivity index (χ1n) is 12.7. The van der Waals surface area contributed by atoms with E-state index in [1.165, 1.54) is 0 Å². The molecule has 5 rings (SSSR count). The van der Waals surface area contributed by atoms with Crippen LogP contribution in [-0.4, -0.2) is 46.4 Å². The van der Waals surface area contributed by atoms with Crippen LogP contribution in [0.1, 0.15) is 48.5 Å². The molecule has 2 aromatic carbocycles. The number of rotatable bonds is 7. The molecule has 9 heteroatoms. The molecule has 1 aliphatic heterocycles. The average molecular weight is 563 g/mol. The zero-order valence-electron chi connectivity index (χ0n) is 22.0. The second-order valence-electron chi connectivity index (χ2n) is 10.7. The van der Waals surface area contributed by atoms with E-state index in [9.17, 15) is 18.3 Å². The van der Waals surface area contributed by atoms with Crippen molar-refractivity contribution < 1.29 is 23.1 Å². The van der Waals surface area contributed by atoms with Gasteiger partial charge in [0.25, 0.3) is 0 Å². The predicted molar refractivity (Wildman–Crippen MR) is 153 cm³/mol. The first-order chi connectivity index (χ1) is 18.5. The molecule has 0 aliphatic carbocycles. The van der Waals surface area contributed by atoms with E-state index in [0.717, 1.165) is 21.7 Å². The number of ketones is 1. The van der Waals surface area contributed by atoms with Crippen molar-refractivity contribution in [2.75, 3.05) is 12.4 Å². The lowest BCUT2D eigenvalue weighted by atomic mass is 9.88. The number of nitrogens with zero attached hydrogens (tertiary/aromatic N) is 2. The number of fused-ring (bicyclic) bond motifs is 1. The van der Waals surface area contributed by atoms with Gasteiger partial charge in [-0.15, -0.1) is 11.3 Å². The Hall–Kier alpha value is -3.40. The van der Waals surface area contributed by atoms with Gasteiger partial charge in [-0.3, -0.25) is 14.8 Å². The number of hydrogen-bond donors (Lipinski definition) is 1. The van der Waals surface area contributed by atoms with Gasteiger partial charge in [0.1, 0.15) is 11.5 Å². The van der Waals surface area contributed by atoms with E-state index in [1.807, 2.05) is 42.7 Å². The summed E-state index contributed by atoms with van der Waals surface area (Å²) < 4.78 is 30.4. The number of Topliss-reactive ketones (excluding diaryl/α,β-unsaturated/α-hetero) is 1. The Labute approximate surface area is 232 Å². The quantitative estimate of drug-likeness (QED) is 0.294. The number of thiazole rings is 1. The third kappa shape index (κ3) is 5.66. The third-order valence-corrected chi connectivity index (χ3v) is 10.4. The molecule has 0 radical (unpaired) electrons. The average Bonchev–Trinajstić information content (AvgIpc) is 3.45. The summed E-state index contributed by atoms with van der Waals surface area (Å²) in [5.74, 6) is -0.627. The maximum absolute atomic E-state index is 13.1. The van der Waals surface area contributed by atoms with Crippen molar-refractivity contribution in [2.24, 2.45) is 5.92 Å². The molecule has 2 aromatic heterocycles. The van der Waals surface area contributed by atoms with Gasteiger partial charge in [0.2, 0.25) is 0 Å². The number of aliphatic hydroxyl groups is 1. The van der Waals surface area contributed by atoms with Crippen LogP contribution >= 0.6 is 11.3 Å². The van der Waals surface area contributed by atoms with Gasteiger partial charge >= 0.3 is 0 Å². The van der Waals surface area contributed by atoms with Gasteiger partial charge in [0.15, 0.2) is 15.6 Å². The van der Waals surface area contributed by atoms with E-state index in [4.69, 9.17) is 4.74 Å². The van der Waals surface area contributed by atoms with Crippen molar-refractivity contribution in [3.8, 4) is 27.3 Å². The summed E-state index contributed by atoms with van der Waals surface area (Å²) >= 11 is 1.56. The number of benzene rings is 2. The largest absolute Gasteiger partial charge is 0.493 e. The molecule has 0 spiro atoms. The van der Waals surface area contributed by atoms with Gasteiger partial charge in [-0.1, -0.05) is 42.5 Å². The van der Waals surface area contributed by atoms with Crippen LogP contribution in [0.25, 0.3) is 21.6 Å². The summed E-state index contributed by atoms with van der Waals surface area (Å²) in [5.41, 5.74) is 6.03. The lowest BCUT2D eigenvalue weighted by Gasteiger charge is -2.30. The van der Waals surface area contributed by atoms with E-state index < -0.39 is 32.2 Å². The zero-order chi connectivity index (χ0) is 27.8. The smallest absolute Gasteiger partial charge is 0.178 e. The summed E-state index contributed by atoms with van der Waals surface area (Å²) in [5, 5.41) is 11.2. The predicted octanol–water partition coefficient (Wildman–Crippen LogP) is 5.55. The molecule has 39 heavy (non-hydrogen) atoms. The maximum Gasteiger partial charge on any atom is 0.178 e. The minimum Gasteiger partial charge on any atom is -0.493 e. The number of carbonyl (C=O) groups is 1. The van der Waals surface area contributed by atoms with Crippen LogP contribution in [0.2, 0.25) is 0 Å². The Bertz CT molecular complexity index is 1590. The highest BCUT2D eigenvalue weighted by Gasteiger charge is 2.33. The monoisotopic (exact) mass is 562 g/mol. The highest BCUT2D eigenvalue weighted by molar-refractivity contribution is 7.93. The Morgan fingerprint density at radius 2 is 1.85 bits per heavy atom. The summed E-state index contributed by atoms with van der Waals surface area (Å²) in [6.45, 7) is 5.10. The van der Waals surface area contributed by atoms with E-state index in [2.05, 4.69) is 9.97 Å². The molecule has 1 aliphatic rings. The Balaban J connectivity index is 1.34. The number of hydrogen-bond acceptors (Lipinski definition) is 8. The Kier molecular flexibility index (Phi) is 7.41. The fourth-order valence-corrected chi connectivity index (χ4v) is 6.09. The molecule has 0 saturated heterocycles. The summed E-state index contributed by atoms with van der Waals surface area (Å²) in [6.07, 6.45) is 3.46. The van der Waals surface area contributed by atoms with Crippen molar-refractivity contribution in [1.82, 2.24) is 9.97 Å². The van der Waals surface area contributed by atoms with Crippen LogP contribution in [0.4, 0.5) is 0 Å². The molecule has 3 heterocycles. The molecule has 0 amide bonds. The van der Waals surface area contributed by atoms with Crippen LogP contribution in [0.3, 0.4) is 0 Å². The Morgan fingerprint density at radius 1 is 1.08 bits per heavy atom. The van der Waals surface area contributed by atoms with Gasteiger partial charge in [-0.25, -0.2) is 8.42 Å². The lowest BCUT2D eigenvalue weighted by Crippen LogP contribution is -2.33. The Morgan fingerprint density at radius 3 is 2.54 bits per heavy atom. The van der Waals surface area contributed by atoms with Gasteiger partial charge in [0, 0.05) is 40.7 Å². The number of aromatic nitrogens is 2. The fourth-order valence-electron chi connectivity index (χ4n) is 4.55. The summed E-state index contributed by atoms with van der Waals surface area (Å²) in [4.78, 5) is 22.8. The first kappa shape index (κ1) is 27.2. The van der Waals surface area contributed by atoms with Gasteiger partial charge in [-0.05, 0) is 50.5 Å². The minimum atomic E-state index is -3.63. The minimum absolute atomic E-state index is 0.165. The molecular weight excluding hydrogens is 532 g/mol. The SMILES string of the molecule is CC(C)(C)S(=O)(=O)CC(=O)c1ccccc1-c1ccc2c(c1)OC[C@@H](Cc1ccc(-c3cncs3)cn1)[C@@H]2O. The van der Waals surface area contributed by atoms with E-state index in [-0.39, 0.29) is 5.92 Å². The summed E-state index contributed by atoms with van der Waals surface area (Å²) in [7, 11) is -3.63. The van der Waals surface area contributed by atoms with E-state index >= 15 is 0 Å². The van der Waals surface area contributed by atoms with Crippen LogP contribution in [-0.2, 0) is 16.3 Å². The molecule has 7 nitrogen and oxygen atoms in total. The number of carbonyl (C=O) groups excluding carboxylic acids is 1. The van der Waals surface area contributed by atoms with Gasteiger partial charge in [-0.2, -0.15) is 0 Å². The van der Waals surface area contributed by atoms with E-state index in [1.54, 1.807) is 61.9 Å². The second kappa shape index (κ2) is 10.6. The van der Waals surface area contributed by atoms with Crippen molar-refractivity contribution in [3.63, 3.8) is 0 Å². The first-order valence-corrected chi connectivity index (χ1v) is 15.2. The molecule has 0 bridgehead atoms. The fraction of sp³-hybridized carbons (Fsp3) is 0.300. The highest BCUT2D eigenvalue weighted by Crippen LogP contribution is 2.40. The van der Waals surface area contributed by atoms with Crippen LogP contribution < -0.4 is 4.74 Å². The number of ether oxygens (including phenoxy) is 1. The van der Waals surface area contributed by atoms with Crippen molar-refractivity contribution >= 4 is 27.0 Å². The van der Waals surface area contributed by atoms with Crippen molar-refractivity contribution in [1.29, 1.82) is 0 Å². The van der Waals surface area contributed by atoms with Crippen LogP contribution in [0, 0.1) is 5.92 Å². The molecule has 0 fully saturated rings. The molecule has 202 valence electrons. The van der Waals surface area contributed by atoms with Crippen LogP contribution in [0.5, 0.6) is 5.75 Å². The number of pyridine rings is 1. The number of sulfone groups is 1. The highest BCUT2D eigenvalue weighted by atomic mass is 32.2. The third-order valence-electron chi connectivity index (χ3n) is 7.04. The topological polar surface area (TPSA) is 106 Å². The molecule has 0 unspecified atom stereocenters. The van der Waals surface area contributed by atoms with E-state index in [0.29, 0.717) is 35.5 Å². The summed E-state index contributed by atoms with van der Waals surface area (Å²) in [6, 6.07) is 16.4. The molecule has 0 saturated carbocycles. The number of aliphatic hydroxyl groups excluding tert-OH is 1. The zero-order valence-corrected chi connectivity index (χ0v) is 23.6. The standard InChI is InChI=1S/C30H30N2O5S2/c1-30(2,3)39(35,36)17-26(33)24-7-5-4-6-23(24)19-9-11-25-27(13-19)37-16-21(29(25)34)12-22-10-8-20(14-32-22)28-15-31-18-38-28/h4-11,13-15,18,21,29,34H,12,16-17H2,1-3H3/t21-,29+/m1/s1. The molecule has 1 N–H and O–H groups in total. The van der Waals surface area contributed by atoms with Crippen molar-refractivity contribution in [3.05, 3.63) is 89.3 Å². The van der Waals surface area contributed by atoms with Gasteiger partial charge in [0.05, 0.1) is 27.8 Å². The van der Waals surface area contributed by atoms with Crippen molar-refractivity contribution in [2.45, 2.75) is 38.0 Å². The molecular formula is C30H30N2O5S2. The lowest BCUT2D eigenvalue weighted by molar-refractivity contribution is 0.0503. The molecule has 2 atom stereocenters. The van der Waals surface area contributed by atoms with Gasteiger partial charge < -0.3 is 9.84 Å². The second-order valence-corrected chi connectivity index (χ2v) is 14.3. The molecule has 4 aromatic rings.